The van der Waals surface area contributed by atoms with Gasteiger partial charge in [0.2, 0.25) is 0 Å². The van der Waals surface area contributed by atoms with Crippen LogP contribution in [-0.2, 0) is 11.8 Å². The summed E-state index contributed by atoms with van der Waals surface area (Å²) in [7, 11) is 0. The van der Waals surface area contributed by atoms with Crippen molar-refractivity contribution in [2.24, 2.45) is 0 Å². The Morgan fingerprint density at radius 1 is 1.07 bits per heavy atom. The van der Waals surface area contributed by atoms with Crippen LogP contribution in [-0.4, -0.2) is 4.98 Å². The maximum Gasteiger partial charge on any atom is 0.0709 e. The molecule has 0 bridgehead atoms. The van der Waals surface area contributed by atoms with E-state index in [1.807, 2.05) is 30.3 Å². The monoisotopic (exact) mass is 225 g/mol. The first-order chi connectivity index (χ1) is 6.85. The molecule has 3 heteroatoms. The van der Waals surface area contributed by atoms with Gasteiger partial charge in [-0.1, -0.05) is 18.2 Å². The molecule has 0 saturated carbocycles. The zero-order valence-corrected chi connectivity index (χ0v) is 9.02. The van der Waals surface area contributed by atoms with E-state index in [9.17, 15) is 0 Å². The molecule has 0 aliphatic carbocycles. The molecule has 0 atom stereocenters. The van der Waals surface area contributed by atoms with E-state index < -0.39 is 0 Å². The quantitative estimate of drug-likeness (QED) is 0.711. The molecule has 0 unspecified atom stereocenters. The third kappa shape index (κ3) is 1.70. The largest absolute Gasteiger partial charge is 0.252 e. The number of hydrogen-bond acceptors (Lipinski definition) is 1. The maximum absolute atomic E-state index is 5.86. The van der Waals surface area contributed by atoms with Crippen molar-refractivity contribution in [2.75, 3.05) is 0 Å². The standard InChI is InChI=1S/C11H9Cl2N/c12-6-8-5-9(7-13)14-11-4-2-1-3-10(8)11/h1-5H,6-7H2. The Labute approximate surface area is 92.7 Å². The third-order valence-corrected chi connectivity index (χ3v) is 2.70. The summed E-state index contributed by atoms with van der Waals surface area (Å²) in [5.41, 5.74) is 2.93. The van der Waals surface area contributed by atoms with E-state index in [0.717, 1.165) is 22.2 Å². The van der Waals surface area contributed by atoms with Gasteiger partial charge >= 0.3 is 0 Å². The molecule has 0 spiro atoms. The molecule has 2 rings (SSSR count). The molecule has 0 amide bonds. The van der Waals surface area contributed by atoms with Gasteiger partial charge in [-0.3, -0.25) is 4.98 Å². The SMILES string of the molecule is ClCc1cc(CCl)c2ccccc2n1. The Morgan fingerprint density at radius 2 is 1.86 bits per heavy atom. The highest BCUT2D eigenvalue weighted by atomic mass is 35.5. The molecular weight excluding hydrogens is 217 g/mol. The molecule has 1 aromatic heterocycles. The average molecular weight is 226 g/mol. The Morgan fingerprint density at radius 3 is 2.57 bits per heavy atom. The van der Waals surface area contributed by atoms with Crippen molar-refractivity contribution >= 4 is 34.1 Å². The normalized spacial score (nSPS) is 10.7. The first-order valence-corrected chi connectivity index (χ1v) is 5.41. The first-order valence-electron chi connectivity index (χ1n) is 4.34. The first kappa shape index (κ1) is 9.75. The van der Waals surface area contributed by atoms with Gasteiger partial charge in [-0.25, -0.2) is 0 Å². The molecule has 72 valence electrons. The van der Waals surface area contributed by atoms with Crippen LogP contribution in [0.5, 0.6) is 0 Å². The van der Waals surface area contributed by atoms with E-state index in [1.165, 1.54) is 0 Å². The van der Waals surface area contributed by atoms with Crippen LogP contribution in [0.2, 0.25) is 0 Å². The number of aromatic nitrogens is 1. The van der Waals surface area contributed by atoms with Gasteiger partial charge < -0.3 is 0 Å². The van der Waals surface area contributed by atoms with Gasteiger partial charge in [0.1, 0.15) is 0 Å². The molecule has 0 aliphatic rings. The minimum atomic E-state index is 0.425. The topological polar surface area (TPSA) is 12.9 Å². The van der Waals surface area contributed by atoms with Crippen molar-refractivity contribution < 1.29 is 0 Å². The second-order valence-electron chi connectivity index (χ2n) is 3.06. The van der Waals surface area contributed by atoms with E-state index in [-0.39, 0.29) is 0 Å². The zero-order chi connectivity index (χ0) is 9.97. The van der Waals surface area contributed by atoms with Gasteiger partial charge in [-0.05, 0) is 17.7 Å². The highest BCUT2D eigenvalue weighted by molar-refractivity contribution is 6.18. The van der Waals surface area contributed by atoms with E-state index in [4.69, 9.17) is 23.2 Å². The smallest absolute Gasteiger partial charge is 0.0709 e. The lowest BCUT2D eigenvalue weighted by atomic mass is 10.1. The van der Waals surface area contributed by atoms with Gasteiger partial charge in [0.15, 0.2) is 0 Å². The van der Waals surface area contributed by atoms with Crippen LogP contribution in [0, 0.1) is 0 Å². The Kier molecular flexibility index (Phi) is 2.90. The lowest BCUT2D eigenvalue weighted by molar-refractivity contribution is 1.19. The number of halogens is 2. The summed E-state index contributed by atoms with van der Waals surface area (Å²) >= 11 is 11.6. The van der Waals surface area contributed by atoms with Crippen LogP contribution in [0.25, 0.3) is 10.9 Å². The molecule has 14 heavy (non-hydrogen) atoms. The number of benzene rings is 1. The highest BCUT2D eigenvalue weighted by Crippen LogP contribution is 2.20. The predicted octanol–water partition coefficient (Wildman–Crippen LogP) is 3.71. The molecule has 1 aromatic carbocycles. The molecule has 0 saturated heterocycles. The average Bonchev–Trinajstić information content (AvgIpc) is 2.27. The van der Waals surface area contributed by atoms with Gasteiger partial charge in [0.25, 0.3) is 0 Å². The lowest BCUT2D eigenvalue weighted by Gasteiger charge is -2.04. The van der Waals surface area contributed by atoms with Crippen LogP contribution in [0.4, 0.5) is 0 Å². The van der Waals surface area contributed by atoms with Gasteiger partial charge in [-0.2, -0.15) is 0 Å². The van der Waals surface area contributed by atoms with Crippen molar-refractivity contribution in [3.05, 3.63) is 41.6 Å². The van der Waals surface area contributed by atoms with Crippen molar-refractivity contribution in [3.8, 4) is 0 Å². The third-order valence-electron chi connectivity index (χ3n) is 2.14. The summed E-state index contributed by atoms with van der Waals surface area (Å²) in [5, 5.41) is 1.11. The predicted molar refractivity (Wildman–Crippen MR) is 60.9 cm³/mol. The van der Waals surface area contributed by atoms with E-state index in [0.29, 0.717) is 11.8 Å². The fourth-order valence-corrected chi connectivity index (χ4v) is 1.85. The number of rotatable bonds is 2. The maximum atomic E-state index is 5.86. The Balaban J connectivity index is 2.73. The summed E-state index contributed by atoms with van der Waals surface area (Å²) in [6.07, 6.45) is 0. The summed E-state index contributed by atoms with van der Waals surface area (Å²) in [6, 6.07) is 9.91. The van der Waals surface area contributed by atoms with Crippen molar-refractivity contribution in [1.29, 1.82) is 0 Å². The lowest BCUT2D eigenvalue weighted by Crippen LogP contribution is -1.91. The second-order valence-corrected chi connectivity index (χ2v) is 3.59. The summed E-state index contributed by atoms with van der Waals surface area (Å²) < 4.78 is 0. The van der Waals surface area contributed by atoms with Gasteiger partial charge in [0, 0.05) is 11.3 Å². The van der Waals surface area contributed by atoms with Crippen LogP contribution >= 0.6 is 23.2 Å². The zero-order valence-electron chi connectivity index (χ0n) is 7.50. The molecule has 0 aliphatic heterocycles. The molecule has 2 aromatic rings. The number of fused-ring (bicyclic) bond motifs is 1. The number of para-hydroxylation sites is 1. The van der Waals surface area contributed by atoms with E-state index in [2.05, 4.69) is 4.98 Å². The summed E-state index contributed by atoms with van der Waals surface area (Å²) in [5.74, 6) is 0.918. The Hall–Kier alpha value is -0.790. The summed E-state index contributed by atoms with van der Waals surface area (Å²) in [6.45, 7) is 0. The molecule has 1 nitrogen and oxygen atoms in total. The minimum absolute atomic E-state index is 0.425. The van der Waals surface area contributed by atoms with Crippen LogP contribution < -0.4 is 0 Å². The van der Waals surface area contributed by atoms with Crippen molar-refractivity contribution in [3.63, 3.8) is 0 Å². The van der Waals surface area contributed by atoms with Gasteiger partial charge in [-0.15, -0.1) is 23.2 Å². The van der Waals surface area contributed by atoms with Crippen LogP contribution in [0.15, 0.2) is 30.3 Å². The minimum Gasteiger partial charge on any atom is -0.252 e. The van der Waals surface area contributed by atoms with E-state index >= 15 is 0 Å². The highest BCUT2D eigenvalue weighted by Gasteiger charge is 2.03. The molecule has 0 radical (unpaired) electrons. The van der Waals surface area contributed by atoms with Gasteiger partial charge in [0.05, 0.1) is 17.1 Å². The molecule has 0 N–H and O–H groups in total. The number of alkyl halides is 2. The fraction of sp³-hybridized carbons (Fsp3) is 0.182. The van der Waals surface area contributed by atoms with Crippen molar-refractivity contribution in [1.82, 2.24) is 4.98 Å². The fourth-order valence-electron chi connectivity index (χ4n) is 1.49. The second kappa shape index (κ2) is 4.16. The van der Waals surface area contributed by atoms with E-state index in [1.54, 1.807) is 0 Å². The van der Waals surface area contributed by atoms with Crippen molar-refractivity contribution in [2.45, 2.75) is 11.8 Å². The summed E-state index contributed by atoms with van der Waals surface area (Å²) in [4.78, 5) is 4.41. The number of nitrogens with zero attached hydrogens (tertiary/aromatic N) is 1. The van der Waals surface area contributed by atoms with Crippen LogP contribution in [0.1, 0.15) is 11.3 Å². The number of hydrogen-bond donors (Lipinski definition) is 0. The molecular formula is C11H9Cl2N. The molecule has 0 fully saturated rings. The number of pyridine rings is 1. The Bertz CT molecular complexity index is 454. The molecule has 1 heterocycles. The van der Waals surface area contributed by atoms with Crippen LogP contribution in [0.3, 0.4) is 0 Å².